The van der Waals surface area contributed by atoms with E-state index in [1.165, 1.54) is 0 Å². The van der Waals surface area contributed by atoms with Gasteiger partial charge in [-0.25, -0.2) is 4.79 Å². The van der Waals surface area contributed by atoms with Crippen LogP contribution in [0.4, 0.5) is 0 Å². The Balaban J connectivity index is 1.78. The number of rotatable bonds is 3. The van der Waals surface area contributed by atoms with Gasteiger partial charge in [-0.3, -0.25) is 0 Å². The van der Waals surface area contributed by atoms with E-state index < -0.39 is 12.1 Å². The lowest BCUT2D eigenvalue weighted by atomic mass is 9.79. The van der Waals surface area contributed by atoms with Crippen molar-refractivity contribution in [3.05, 3.63) is 12.2 Å². The van der Waals surface area contributed by atoms with Crippen LogP contribution in [-0.2, 0) is 19.0 Å². The zero-order chi connectivity index (χ0) is 12.2. The van der Waals surface area contributed by atoms with Crippen molar-refractivity contribution in [2.24, 2.45) is 11.8 Å². The molecule has 3 aliphatic rings. The van der Waals surface area contributed by atoms with Gasteiger partial charge in [0.2, 0.25) is 0 Å². The van der Waals surface area contributed by atoms with Crippen molar-refractivity contribution in [2.45, 2.75) is 31.3 Å². The molecule has 0 aliphatic carbocycles. The van der Waals surface area contributed by atoms with E-state index in [1.54, 1.807) is 6.92 Å². The predicted octanol–water partition coefficient (Wildman–Crippen LogP) is -0.121. The number of carbonyl (C=O) groups excluding carboxylic acids is 1. The lowest BCUT2D eigenvalue weighted by molar-refractivity contribution is -0.152. The summed E-state index contributed by atoms with van der Waals surface area (Å²) in [6.45, 7) is 5.79. The number of fused-ring (bicyclic) bond motifs is 1. The van der Waals surface area contributed by atoms with Crippen LogP contribution in [0.5, 0.6) is 0 Å². The van der Waals surface area contributed by atoms with Crippen molar-refractivity contribution in [3.63, 3.8) is 0 Å². The van der Waals surface area contributed by atoms with Crippen LogP contribution in [0.1, 0.15) is 6.92 Å². The molecular formula is C12H16O5. The summed E-state index contributed by atoms with van der Waals surface area (Å²) in [6, 6.07) is 0. The monoisotopic (exact) mass is 240 g/mol. The number of hydrogen-bond donors (Lipinski definition) is 1. The van der Waals surface area contributed by atoms with Crippen LogP contribution in [0.25, 0.3) is 0 Å². The van der Waals surface area contributed by atoms with Crippen LogP contribution in [0, 0.1) is 11.8 Å². The molecule has 94 valence electrons. The average Bonchev–Trinajstić information content (AvgIpc) is 2.88. The molecule has 3 saturated heterocycles. The van der Waals surface area contributed by atoms with Gasteiger partial charge in [0.05, 0.1) is 12.7 Å². The first-order valence-electron chi connectivity index (χ1n) is 5.88. The summed E-state index contributed by atoms with van der Waals surface area (Å²) < 4.78 is 16.7. The molecule has 3 heterocycles. The zero-order valence-electron chi connectivity index (χ0n) is 9.67. The largest absolute Gasteiger partial charge is 0.453 e. The Labute approximate surface area is 99.3 Å². The maximum absolute atomic E-state index is 11.5. The highest BCUT2D eigenvalue weighted by Crippen LogP contribution is 2.50. The molecule has 3 aliphatic heterocycles. The van der Waals surface area contributed by atoms with Gasteiger partial charge in [-0.05, 0) is 6.92 Å². The maximum atomic E-state index is 11.5. The van der Waals surface area contributed by atoms with Crippen LogP contribution >= 0.6 is 0 Å². The summed E-state index contributed by atoms with van der Waals surface area (Å²) >= 11 is 0. The Morgan fingerprint density at radius 2 is 2.24 bits per heavy atom. The minimum atomic E-state index is -0.421. The van der Waals surface area contributed by atoms with Gasteiger partial charge in [0.1, 0.15) is 12.2 Å². The van der Waals surface area contributed by atoms with Gasteiger partial charge in [0.15, 0.2) is 6.10 Å². The molecule has 6 unspecified atom stereocenters. The van der Waals surface area contributed by atoms with E-state index in [0.717, 1.165) is 0 Å². The second kappa shape index (κ2) is 3.80. The Morgan fingerprint density at radius 3 is 2.88 bits per heavy atom. The van der Waals surface area contributed by atoms with Gasteiger partial charge in [-0.1, -0.05) is 6.58 Å². The van der Waals surface area contributed by atoms with Gasteiger partial charge in [0, 0.05) is 24.0 Å². The number of carbonyl (C=O) groups is 1. The molecule has 1 N–H and O–H groups in total. The zero-order valence-corrected chi connectivity index (χ0v) is 9.67. The summed E-state index contributed by atoms with van der Waals surface area (Å²) in [5, 5.41) is 9.38. The number of esters is 1. The highest BCUT2D eigenvalue weighted by atomic mass is 16.6. The molecule has 3 fully saturated rings. The van der Waals surface area contributed by atoms with Crippen molar-refractivity contribution in [2.75, 3.05) is 13.2 Å². The second-order valence-corrected chi connectivity index (χ2v) is 5.02. The van der Waals surface area contributed by atoms with E-state index in [4.69, 9.17) is 14.2 Å². The molecule has 0 radical (unpaired) electrons. The molecule has 5 heteroatoms. The van der Waals surface area contributed by atoms with E-state index >= 15 is 0 Å². The van der Waals surface area contributed by atoms with Gasteiger partial charge in [-0.15, -0.1) is 0 Å². The van der Waals surface area contributed by atoms with Gasteiger partial charge in [0.25, 0.3) is 0 Å². The predicted molar refractivity (Wildman–Crippen MR) is 57.2 cm³/mol. The summed E-state index contributed by atoms with van der Waals surface area (Å²) in [7, 11) is 0. The molecule has 0 aromatic rings. The lowest BCUT2D eigenvalue weighted by Gasteiger charge is -2.28. The maximum Gasteiger partial charge on any atom is 0.333 e. The van der Waals surface area contributed by atoms with Crippen molar-refractivity contribution in [1.29, 1.82) is 0 Å². The van der Waals surface area contributed by atoms with Crippen LogP contribution in [-0.4, -0.2) is 48.7 Å². The first-order valence-corrected chi connectivity index (χ1v) is 5.88. The van der Waals surface area contributed by atoms with Crippen LogP contribution in [0.3, 0.4) is 0 Å². The lowest BCUT2D eigenvalue weighted by Crippen LogP contribution is -2.45. The number of aliphatic hydroxyl groups is 1. The van der Waals surface area contributed by atoms with Crippen molar-refractivity contribution in [1.82, 2.24) is 0 Å². The fourth-order valence-corrected chi connectivity index (χ4v) is 3.11. The smallest absolute Gasteiger partial charge is 0.333 e. The molecule has 0 amide bonds. The highest BCUT2D eigenvalue weighted by molar-refractivity contribution is 5.87. The molecule has 0 saturated carbocycles. The summed E-state index contributed by atoms with van der Waals surface area (Å²) in [6.07, 6.45) is -0.831. The minimum absolute atomic E-state index is 0.0154. The van der Waals surface area contributed by atoms with Gasteiger partial charge in [-0.2, -0.15) is 0 Å². The van der Waals surface area contributed by atoms with Crippen LogP contribution < -0.4 is 0 Å². The molecule has 0 spiro atoms. The van der Waals surface area contributed by atoms with E-state index in [0.29, 0.717) is 12.2 Å². The Morgan fingerprint density at radius 1 is 1.47 bits per heavy atom. The molecule has 3 rings (SSSR count). The molecule has 2 bridgehead atoms. The Hall–Kier alpha value is -0.910. The normalized spacial score (nSPS) is 46.2. The second-order valence-electron chi connectivity index (χ2n) is 5.02. The molecule has 0 aromatic carbocycles. The topological polar surface area (TPSA) is 65.0 Å². The first-order chi connectivity index (χ1) is 8.13. The average molecular weight is 240 g/mol. The Bertz CT molecular complexity index is 366. The summed E-state index contributed by atoms with van der Waals surface area (Å²) in [4.78, 5) is 11.5. The summed E-state index contributed by atoms with van der Waals surface area (Å²) in [5.74, 6) is -0.161. The third kappa shape index (κ3) is 1.46. The third-order valence-corrected chi connectivity index (χ3v) is 3.96. The summed E-state index contributed by atoms with van der Waals surface area (Å²) in [5.41, 5.74) is 0.364. The van der Waals surface area contributed by atoms with E-state index in [-0.39, 0.29) is 36.8 Å². The fourth-order valence-electron chi connectivity index (χ4n) is 3.11. The van der Waals surface area contributed by atoms with Crippen molar-refractivity contribution in [3.8, 4) is 0 Å². The Kier molecular flexibility index (Phi) is 2.50. The molecule has 17 heavy (non-hydrogen) atoms. The van der Waals surface area contributed by atoms with Crippen LogP contribution in [0.15, 0.2) is 12.2 Å². The minimum Gasteiger partial charge on any atom is -0.453 e. The molecule has 5 nitrogen and oxygen atoms in total. The first kappa shape index (κ1) is 11.2. The van der Waals surface area contributed by atoms with Gasteiger partial charge >= 0.3 is 5.97 Å². The third-order valence-electron chi connectivity index (χ3n) is 3.96. The van der Waals surface area contributed by atoms with Gasteiger partial charge < -0.3 is 19.3 Å². The molecule has 6 atom stereocenters. The van der Waals surface area contributed by atoms with Crippen LogP contribution in [0.2, 0.25) is 0 Å². The molecule has 0 aromatic heterocycles. The van der Waals surface area contributed by atoms with E-state index in [2.05, 4.69) is 6.58 Å². The standard InChI is InChI=1S/C12H16O5/c1-5(2)12(14)17-11-8-6(3-13)7-4-15-10(11)9(7)16-8/h6-11,13H,1,3-4H2,2H3. The van der Waals surface area contributed by atoms with Crippen molar-refractivity contribution >= 4 is 5.97 Å². The van der Waals surface area contributed by atoms with E-state index in [1.807, 2.05) is 0 Å². The highest BCUT2D eigenvalue weighted by Gasteiger charge is 2.65. The SMILES string of the molecule is C=C(C)C(=O)OC1C2OC3C(COC31)C2CO. The number of hydrogen-bond acceptors (Lipinski definition) is 5. The number of aliphatic hydroxyl groups excluding tert-OH is 1. The fraction of sp³-hybridized carbons (Fsp3) is 0.750. The molecular weight excluding hydrogens is 224 g/mol. The van der Waals surface area contributed by atoms with E-state index in [9.17, 15) is 9.90 Å². The van der Waals surface area contributed by atoms with Crippen molar-refractivity contribution < 1.29 is 24.1 Å². The number of ether oxygens (including phenoxy) is 3. The quantitative estimate of drug-likeness (QED) is 0.550.